The number of benzene rings is 1. The number of amides is 9. The van der Waals surface area contributed by atoms with Crippen molar-refractivity contribution in [3.63, 3.8) is 0 Å². The molecule has 2 aromatic rings. The van der Waals surface area contributed by atoms with Crippen molar-refractivity contribution in [2.75, 3.05) is 32.0 Å². The van der Waals surface area contributed by atoms with Crippen molar-refractivity contribution < 1.29 is 62.7 Å². The molecule has 24 heteroatoms. The van der Waals surface area contributed by atoms with Gasteiger partial charge in [0, 0.05) is 36.2 Å². The zero-order chi connectivity index (χ0) is 46.3. The average molecular weight is 903 g/mol. The van der Waals surface area contributed by atoms with Gasteiger partial charge in [-0.25, -0.2) is 0 Å². The topological polar surface area (TPSA) is 361 Å². The Bertz CT molecular complexity index is 2150. The Balaban J connectivity index is 1.72. The summed E-state index contributed by atoms with van der Waals surface area (Å²) in [6.07, 6.45) is -4.24. The highest BCUT2D eigenvalue weighted by Crippen LogP contribution is 2.28. The molecule has 1 aromatic heterocycles. The van der Waals surface area contributed by atoms with E-state index in [-0.39, 0.29) is 10.6 Å². The van der Waals surface area contributed by atoms with Gasteiger partial charge in [-0.05, 0) is 17.5 Å². The molecule has 13 N–H and O–H groups in total. The molecule has 4 heterocycles. The van der Waals surface area contributed by atoms with Crippen LogP contribution in [0.4, 0.5) is 0 Å². The van der Waals surface area contributed by atoms with Crippen LogP contribution in [0.1, 0.15) is 45.6 Å². The van der Waals surface area contributed by atoms with E-state index in [2.05, 4.69) is 42.2 Å². The van der Waals surface area contributed by atoms with Crippen LogP contribution in [0.2, 0.25) is 0 Å². The molecule has 11 atom stereocenters. The first-order chi connectivity index (χ1) is 29.8. The largest absolute Gasteiger partial charge is 0.394 e. The van der Waals surface area contributed by atoms with Gasteiger partial charge in [-0.3, -0.25) is 47.4 Å². The number of aromatic nitrogens is 1. The van der Waals surface area contributed by atoms with Crippen LogP contribution in [0.5, 0.6) is 0 Å². The summed E-state index contributed by atoms with van der Waals surface area (Å²) in [5, 5.41) is 48.9. The number of carbonyl (C=O) groups excluding carboxylic acids is 9. The molecule has 63 heavy (non-hydrogen) atoms. The first-order valence-electron chi connectivity index (χ1n) is 20.4. The molecule has 0 aliphatic carbocycles. The minimum atomic E-state index is -2.29. The summed E-state index contributed by atoms with van der Waals surface area (Å²) in [4.78, 5) is 127. The van der Waals surface area contributed by atoms with E-state index in [0.29, 0.717) is 17.3 Å². The summed E-state index contributed by atoms with van der Waals surface area (Å²) in [6.45, 7) is 1.90. The Morgan fingerprint density at radius 2 is 1.52 bits per heavy atom. The maximum Gasteiger partial charge on any atom is 0.246 e. The molecule has 3 aliphatic rings. The molecule has 1 saturated heterocycles. The number of carbonyl (C=O) groups is 9. The molecule has 23 nitrogen and oxygen atoms in total. The first kappa shape index (κ1) is 48.1. The lowest BCUT2D eigenvalue weighted by Gasteiger charge is -2.32. The van der Waals surface area contributed by atoms with Gasteiger partial charge in [0.05, 0.1) is 54.9 Å². The molecule has 1 aromatic carbocycles. The lowest BCUT2D eigenvalue weighted by molar-refractivity contribution is -0.144. The molecule has 0 saturated carbocycles. The standard InChI is InChI=1S/C39H54N10O13S/c1-4-17(2)31-36(59)42-12-29(54)43-25-16-63(62)38-21(20-7-5-6-8-22(20)46-38)10-23(33(56)41-13-30(55)47-31)44-37(60)32(18(3)27(52)15-50)48-35(58)26-9-19(51)14-49(26)39(61)24(11-28(40)53)45-34(25)57/h5-8,17-19,23-27,31-32,46,50-52H,4,9-16H2,1-3H3,(H2,40,53)(H,41,56)(H,42,59)(H,43,54)(H,44,60)(H,45,57)(H,47,55)(H,48,58)/t17-,18-,19+,23-,24-,25-,26-,27-,31-,32-,63+/m0/s1. The third-order valence-electron chi connectivity index (χ3n) is 11.5. The average Bonchev–Trinajstić information content (AvgIpc) is 3.83. The van der Waals surface area contributed by atoms with E-state index in [9.17, 15) is 62.7 Å². The number of para-hydroxylation sites is 1. The SMILES string of the molecule is CC[C@H](C)[C@@H]1NC(=O)CNC(=O)[C@@H]2Cc3c([nH]c4ccccc34)[S@](=O)C[C@H](NC(=O)CNC1=O)C(=O)N[C@@H](CC(N)=O)C(=O)N1C[C@H](O)C[C@H]1C(=O)N[C@@H]([C@@H](C)[C@@H](O)CO)C(=O)N2. The Labute approximate surface area is 363 Å². The zero-order valence-electron chi connectivity index (χ0n) is 34.8. The van der Waals surface area contributed by atoms with Crippen molar-refractivity contribution >= 4 is 74.9 Å². The Kier molecular flexibility index (Phi) is 16.0. The van der Waals surface area contributed by atoms with E-state index < -0.39 is 176 Å². The number of fused-ring (bicyclic) bond motifs is 5. The van der Waals surface area contributed by atoms with Crippen LogP contribution in [-0.2, 0) is 60.4 Å². The predicted molar refractivity (Wildman–Crippen MR) is 221 cm³/mol. The van der Waals surface area contributed by atoms with Gasteiger partial charge >= 0.3 is 0 Å². The molecule has 2 bridgehead atoms. The van der Waals surface area contributed by atoms with Gasteiger partial charge in [-0.1, -0.05) is 45.4 Å². The normalized spacial score (nSPS) is 28.8. The van der Waals surface area contributed by atoms with Crippen LogP contribution >= 0.6 is 0 Å². The number of hydrogen-bond acceptors (Lipinski definition) is 13. The highest BCUT2D eigenvalue weighted by molar-refractivity contribution is 7.85. The summed E-state index contributed by atoms with van der Waals surface area (Å²) < 4.78 is 14.5. The maximum absolute atomic E-state index is 14.5. The van der Waals surface area contributed by atoms with Crippen molar-refractivity contribution in [1.29, 1.82) is 0 Å². The number of nitrogens with zero attached hydrogens (tertiary/aromatic N) is 1. The molecule has 0 radical (unpaired) electrons. The highest BCUT2D eigenvalue weighted by atomic mass is 32.2. The van der Waals surface area contributed by atoms with Gasteiger partial charge in [-0.2, -0.15) is 0 Å². The summed E-state index contributed by atoms with van der Waals surface area (Å²) in [5.74, 6) is -11.4. The summed E-state index contributed by atoms with van der Waals surface area (Å²) in [6, 6.07) is -3.18. The van der Waals surface area contributed by atoms with E-state index in [1.165, 1.54) is 6.92 Å². The van der Waals surface area contributed by atoms with Gasteiger partial charge in [0.2, 0.25) is 53.2 Å². The molecule has 344 valence electrons. The molecule has 0 unspecified atom stereocenters. The van der Waals surface area contributed by atoms with E-state index >= 15 is 0 Å². The smallest absolute Gasteiger partial charge is 0.246 e. The number of aliphatic hydroxyl groups excluding tert-OH is 3. The highest BCUT2D eigenvalue weighted by Gasteiger charge is 2.45. The number of hydrogen-bond donors (Lipinski definition) is 12. The lowest BCUT2D eigenvalue weighted by Crippen LogP contribution is -2.62. The maximum atomic E-state index is 14.5. The van der Waals surface area contributed by atoms with Crippen molar-refractivity contribution in [2.45, 2.75) is 99.9 Å². The minimum Gasteiger partial charge on any atom is -0.394 e. The number of aromatic amines is 1. The van der Waals surface area contributed by atoms with Crippen LogP contribution in [0, 0.1) is 11.8 Å². The van der Waals surface area contributed by atoms with Crippen LogP contribution in [0.15, 0.2) is 29.3 Å². The second-order valence-corrected chi connectivity index (χ2v) is 17.4. The van der Waals surface area contributed by atoms with E-state index in [0.717, 1.165) is 4.90 Å². The quantitative estimate of drug-likeness (QED) is 0.124. The monoisotopic (exact) mass is 902 g/mol. The van der Waals surface area contributed by atoms with Gasteiger partial charge < -0.3 is 68.2 Å². The second kappa shape index (κ2) is 20.9. The molecule has 3 aliphatic heterocycles. The van der Waals surface area contributed by atoms with Crippen molar-refractivity contribution in [3.8, 4) is 0 Å². The summed E-state index contributed by atoms with van der Waals surface area (Å²) in [7, 11) is -2.29. The van der Waals surface area contributed by atoms with Gasteiger partial charge in [0.15, 0.2) is 0 Å². The summed E-state index contributed by atoms with van der Waals surface area (Å²) in [5.41, 5.74) is 6.08. The summed E-state index contributed by atoms with van der Waals surface area (Å²) >= 11 is 0. The van der Waals surface area contributed by atoms with Crippen LogP contribution in [-0.4, -0.2) is 163 Å². The lowest BCUT2D eigenvalue weighted by atomic mass is 9.93. The number of H-pyrrole nitrogens is 1. The van der Waals surface area contributed by atoms with Crippen LogP contribution in [0.25, 0.3) is 10.9 Å². The van der Waals surface area contributed by atoms with Gasteiger partial charge in [-0.15, -0.1) is 0 Å². The first-order valence-corrected chi connectivity index (χ1v) is 21.7. The molecule has 5 rings (SSSR count). The zero-order valence-corrected chi connectivity index (χ0v) is 35.6. The number of aliphatic hydroxyl groups is 3. The number of rotatable bonds is 7. The van der Waals surface area contributed by atoms with E-state index in [1.54, 1.807) is 38.1 Å². The fourth-order valence-corrected chi connectivity index (χ4v) is 9.05. The second-order valence-electron chi connectivity index (χ2n) is 16.0. The Morgan fingerprint density at radius 3 is 2.19 bits per heavy atom. The molecule has 1 fully saturated rings. The molecule has 0 spiro atoms. The van der Waals surface area contributed by atoms with E-state index in [4.69, 9.17) is 5.73 Å². The molecular formula is C39H54N10O13S. The number of primary amides is 1. The predicted octanol–water partition coefficient (Wildman–Crippen LogP) is -5.63. The number of nitrogens with two attached hydrogens (primary N) is 1. The third kappa shape index (κ3) is 11.5. The number of nitrogens with one attached hydrogen (secondary N) is 8. The Morgan fingerprint density at radius 1 is 0.857 bits per heavy atom. The fraction of sp³-hybridized carbons (Fsp3) is 0.564. The molecular weight excluding hydrogens is 849 g/mol. The van der Waals surface area contributed by atoms with E-state index in [1.807, 2.05) is 0 Å². The van der Waals surface area contributed by atoms with Crippen LogP contribution in [0.3, 0.4) is 0 Å². The van der Waals surface area contributed by atoms with Gasteiger partial charge in [0.1, 0.15) is 41.3 Å². The molecule has 9 amide bonds. The van der Waals surface area contributed by atoms with Crippen molar-refractivity contribution in [2.24, 2.45) is 17.6 Å². The van der Waals surface area contributed by atoms with Gasteiger partial charge in [0.25, 0.3) is 0 Å². The van der Waals surface area contributed by atoms with Crippen molar-refractivity contribution in [3.05, 3.63) is 29.8 Å². The minimum absolute atomic E-state index is 0.0625. The third-order valence-corrected chi connectivity index (χ3v) is 12.9. The fourth-order valence-electron chi connectivity index (χ4n) is 7.66. The Hall–Kier alpha value is -5.98. The van der Waals surface area contributed by atoms with Crippen LogP contribution < -0.4 is 43.0 Å². The van der Waals surface area contributed by atoms with Crippen molar-refractivity contribution in [1.82, 2.24) is 47.1 Å².